The topological polar surface area (TPSA) is 75.7 Å². The first-order valence-corrected chi connectivity index (χ1v) is 11.4. The van der Waals surface area contributed by atoms with Gasteiger partial charge in [-0.25, -0.2) is 8.42 Å². The molecule has 0 aliphatic carbocycles. The molecular weight excluding hydrogens is 492 g/mol. The van der Waals surface area contributed by atoms with E-state index in [0.29, 0.717) is 26.6 Å². The molecule has 0 saturated heterocycles. The first-order chi connectivity index (χ1) is 14.3. The predicted molar refractivity (Wildman–Crippen MR) is 122 cm³/mol. The number of ether oxygens (including phenoxy) is 1. The fourth-order valence-corrected chi connectivity index (χ4v) is 4.76. The smallest absolute Gasteiger partial charge is 0.264 e. The van der Waals surface area contributed by atoms with E-state index in [1.54, 1.807) is 54.6 Å². The maximum atomic E-state index is 13.3. The highest BCUT2D eigenvalue weighted by Gasteiger charge is 2.27. The van der Waals surface area contributed by atoms with Crippen LogP contribution in [0.25, 0.3) is 0 Å². The molecule has 0 aliphatic rings. The average molecular weight is 510 g/mol. The maximum absolute atomic E-state index is 13.3. The number of rotatable bonds is 7. The molecule has 0 bridgehead atoms. The van der Waals surface area contributed by atoms with Gasteiger partial charge in [-0.3, -0.25) is 9.10 Å². The highest BCUT2D eigenvalue weighted by atomic mass is 79.9. The number of carbonyl (C=O) groups excluding carboxylic acids is 1. The van der Waals surface area contributed by atoms with Crippen molar-refractivity contribution < 1.29 is 17.9 Å². The molecule has 156 valence electrons. The molecule has 0 atom stereocenters. The van der Waals surface area contributed by atoms with E-state index in [0.717, 1.165) is 4.31 Å². The van der Waals surface area contributed by atoms with Crippen LogP contribution in [-0.4, -0.2) is 28.0 Å². The molecule has 3 aromatic carbocycles. The molecule has 3 aromatic rings. The molecular formula is C21H18BrClN2O4S. The van der Waals surface area contributed by atoms with Crippen molar-refractivity contribution in [3.8, 4) is 5.75 Å². The Labute approximate surface area is 188 Å². The van der Waals surface area contributed by atoms with E-state index in [-0.39, 0.29) is 4.90 Å². The first-order valence-electron chi connectivity index (χ1n) is 8.78. The highest BCUT2D eigenvalue weighted by Crippen LogP contribution is 2.29. The van der Waals surface area contributed by atoms with Gasteiger partial charge in [0.15, 0.2) is 0 Å². The summed E-state index contributed by atoms with van der Waals surface area (Å²) >= 11 is 9.36. The van der Waals surface area contributed by atoms with Gasteiger partial charge in [-0.2, -0.15) is 0 Å². The van der Waals surface area contributed by atoms with Crippen molar-refractivity contribution >= 4 is 54.8 Å². The van der Waals surface area contributed by atoms with Crippen molar-refractivity contribution in [2.75, 3.05) is 23.3 Å². The Morgan fingerprint density at radius 2 is 1.80 bits per heavy atom. The Morgan fingerprint density at radius 3 is 2.47 bits per heavy atom. The van der Waals surface area contributed by atoms with Gasteiger partial charge in [0.05, 0.1) is 23.4 Å². The number of benzene rings is 3. The Kier molecular flexibility index (Phi) is 7.02. The summed E-state index contributed by atoms with van der Waals surface area (Å²) in [7, 11) is -2.52. The number of methoxy groups -OCH3 is 1. The van der Waals surface area contributed by atoms with E-state index in [1.807, 2.05) is 0 Å². The second kappa shape index (κ2) is 9.51. The third-order valence-corrected chi connectivity index (χ3v) is 6.67. The molecule has 0 radical (unpaired) electrons. The Balaban J connectivity index is 1.96. The van der Waals surface area contributed by atoms with Crippen molar-refractivity contribution in [3.05, 3.63) is 82.3 Å². The molecule has 0 heterocycles. The number of hydrogen-bond donors (Lipinski definition) is 1. The second-order valence-corrected chi connectivity index (χ2v) is 9.41. The van der Waals surface area contributed by atoms with Crippen LogP contribution >= 0.6 is 27.5 Å². The lowest BCUT2D eigenvalue weighted by atomic mass is 10.3. The quantitative estimate of drug-likeness (QED) is 0.489. The molecule has 0 spiro atoms. The summed E-state index contributed by atoms with van der Waals surface area (Å²) in [6.07, 6.45) is 0. The average Bonchev–Trinajstić information content (AvgIpc) is 2.73. The number of hydrogen-bond acceptors (Lipinski definition) is 4. The summed E-state index contributed by atoms with van der Waals surface area (Å²) in [5.41, 5.74) is 0.697. The lowest BCUT2D eigenvalue weighted by molar-refractivity contribution is -0.114. The summed E-state index contributed by atoms with van der Waals surface area (Å²) in [6, 6.07) is 19.5. The lowest BCUT2D eigenvalue weighted by Gasteiger charge is -2.24. The monoisotopic (exact) mass is 508 g/mol. The molecule has 0 aromatic heterocycles. The molecule has 1 N–H and O–H groups in total. The van der Waals surface area contributed by atoms with Crippen LogP contribution in [0.3, 0.4) is 0 Å². The van der Waals surface area contributed by atoms with E-state index >= 15 is 0 Å². The minimum absolute atomic E-state index is 0.0816. The van der Waals surface area contributed by atoms with E-state index in [4.69, 9.17) is 16.3 Å². The van der Waals surface area contributed by atoms with Crippen molar-refractivity contribution in [1.29, 1.82) is 0 Å². The molecule has 1 amide bonds. The van der Waals surface area contributed by atoms with E-state index in [9.17, 15) is 13.2 Å². The fourth-order valence-electron chi connectivity index (χ4n) is 2.76. The standard InChI is InChI=1S/C21H18BrClN2O4S/c1-29-20-11-10-16(23)13-19(20)24-21(26)14-25(17-7-5-6-15(22)12-17)30(27,28)18-8-3-2-4-9-18/h2-13H,14H2,1H3,(H,24,26). The van der Waals surface area contributed by atoms with Gasteiger partial charge in [0.2, 0.25) is 5.91 Å². The van der Waals surface area contributed by atoms with Crippen molar-refractivity contribution in [2.45, 2.75) is 4.90 Å². The first kappa shape index (κ1) is 22.1. The Hall–Kier alpha value is -2.55. The predicted octanol–water partition coefficient (Wildman–Crippen LogP) is 4.95. The number of carbonyl (C=O) groups is 1. The van der Waals surface area contributed by atoms with Crippen LogP contribution < -0.4 is 14.4 Å². The zero-order valence-electron chi connectivity index (χ0n) is 15.9. The number of anilines is 2. The van der Waals surface area contributed by atoms with Gasteiger partial charge in [0, 0.05) is 9.50 Å². The van der Waals surface area contributed by atoms with Crippen LogP contribution in [0.15, 0.2) is 82.2 Å². The summed E-state index contributed by atoms with van der Waals surface area (Å²) in [5.74, 6) is -0.136. The van der Waals surface area contributed by atoms with Crippen LogP contribution in [0.1, 0.15) is 0 Å². The second-order valence-electron chi connectivity index (χ2n) is 6.20. The SMILES string of the molecule is COc1ccc(Cl)cc1NC(=O)CN(c1cccc(Br)c1)S(=O)(=O)c1ccccc1. The van der Waals surface area contributed by atoms with Crippen LogP contribution in [-0.2, 0) is 14.8 Å². The minimum atomic E-state index is -3.99. The lowest BCUT2D eigenvalue weighted by Crippen LogP contribution is -2.38. The number of amides is 1. The van der Waals surface area contributed by atoms with Crippen LogP contribution in [0, 0.1) is 0 Å². The largest absolute Gasteiger partial charge is 0.495 e. The van der Waals surface area contributed by atoms with Crippen LogP contribution in [0.5, 0.6) is 5.75 Å². The van der Waals surface area contributed by atoms with Gasteiger partial charge < -0.3 is 10.1 Å². The minimum Gasteiger partial charge on any atom is -0.495 e. The molecule has 6 nitrogen and oxygen atoms in total. The summed E-state index contributed by atoms with van der Waals surface area (Å²) in [6.45, 7) is -0.441. The van der Waals surface area contributed by atoms with Gasteiger partial charge >= 0.3 is 0 Å². The van der Waals surface area contributed by atoms with Gasteiger partial charge in [0.25, 0.3) is 10.0 Å². The molecule has 30 heavy (non-hydrogen) atoms. The summed E-state index contributed by atoms with van der Waals surface area (Å²) in [5, 5.41) is 3.08. The zero-order valence-corrected chi connectivity index (χ0v) is 19.0. The maximum Gasteiger partial charge on any atom is 0.264 e. The number of nitrogens with zero attached hydrogens (tertiary/aromatic N) is 1. The molecule has 0 unspecified atom stereocenters. The van der Waals surface area contributed by atoms with Crippen LogP contribution in [0.4, 0.5) is 11.4 Å². The number of halogens is 2. The zero-order chi connectivity index (χ0) is 21.7. The normalized spacial score (nSPS) is 11.0. The third-order valence-electron chi connectivity index (χ3n) is 4.15. The van der Waals surface area contributed by atoms with E-state index in [1.165, 1.54) is 25.3 Å². The Morgan fingerprint density at radius 1 is 1.07 bits per heavy atom. The summed E-state index contributed by atoms with van der Waals surface area (Å²) in [4.78, 5) is 12.9. The number of nitrogens with one attached hydrogen (secondary N) is 1. The van der Waals surface area contributed by atoms with E-state index < -0.39 is 22.5 Å². The third kappa shape index (κ3) is 5.13. The van der Waals surface area contributed by atoms with Crippen molar-refractivity contribution in [3.63, 3.8) is 0 Å². The molecule has 9 heteroatoms. The van der Waals surface area contributed by atoms with Gasteiger partial charge in [-0.05, 0) is 48.5 Å². The van der Waals surface area contributed by atoms with Crippen molar-refractivity contribution in [2.24, 2.45) is 0 Å². The van der Waals surface area contributed by atoms with Crippen LogP contribution in [0.2, 0.25) is 5.02 Å². The highest BCUT2D eigenvalue weighted by molar-refractivity contribution is 9.10. The molecule has 0 aliphatic heterocycles. The van der Waals surface area contributed by atoms with Crippen molar-refractivity contribution in [1.82, 2.24) is 0 Å². The summed E-state index contributed by atoms with van der Waals surface area (Å²) < 4.78 is 33.6. The molecule has 0 fully saturated rings. The van der Waals surface area contributed by atoms with Gasteiger partial charge in [-0.1, -0.05) is 51.8 Å². The molecule has 0 saturated carbocycles. The Bertz CT molecular complexity index is 1160. The fraction of sp³-hybridized carbons (Fsp3) is 0.0952. The number of sulfonamides is 1. The van der Waals surface area contributed by atoms with E-state index in [2.05, 4.69) is 21.2 Å². The molecule has 3 rings (SSSR count). The van der Waals surface area contributed by atoms with Gasteiger partial charge in [-0.15, -0.1) is 0 Å². The van der Waals surface area contributed by atoms with Gasteiger partial charge in [0.1, 0.15) is 12.3 Å².